The molecule has 0 bridgehead atoms. The fourth-order valence-corrected chi connectivity index (χ4v) is 3.73. The lowest BCUT2D eigenvalue weighted by molar-refractivity contribution is 0.0697. The SMILES string of the molecule is CNC(=O)c1cc2cc(Nc3ccc(Cl)cc3C(=O)O)ccc2n1Cc1ccccc1. The van der Waals surface area contributed by atoms with Crippen LogP contribution >= 0.6 is 11.6 Å². The molecule has 0 aliphatic rings. The molecule has 1 amide bonds. The summed E-state index contributed by atoms with van der Waals surface area (Å²) in [5.41, 5.74) is 3.77. The van der Waals surface area contributed by atoms with Crippen molar-refractivity contribution in [3.05, 3.63) is 94.6 Å². The molecule has 3 aromatic carbocycles. The third kappa shape index (κ3) is 4.25. The van der Waals surface area contributed by atoms with E-state index in [2.05, 4.69) is 10.6 Å². The third-order valence-electron chi connectivity index (χ3n) is 5.04. The molecule has 0 saturated carbocycles. The van der Waals surface area contributed by atoms with Crippen molar-refractivity contribution in [2.45, 2.75) is 6.54 Å². The zero-order chi connectivity index (χ0) is 22.0. The molecule has 0 radical (unpaired) electrons. The second-order valence-electron chi connectivity index (χ2n) is 7.07. The summed E-state index contributed by atoms with van der Waals surface area (Å²) in [6.45, 7) is 0.556. The minimum Gasteiger partial charge on any atom is -0.478 e. The van der Waals surface area contributed by atoms with Crippen molar-refractivity contribution >= 4 is 45.8 Å². The molecule has 31 heavy (non-hydrogen) atoms. The average Bonchev–Trinajstić information content (AvgIpc) is 3.12. The second-order valence-corrected chi connectivity index (χ2v) is 7.51. The average molecular weight is 434 g/mol. The molecule has 156 valence electrons. The van der Waals surface area contributed by atoms with Crippen molar-refractivity contribution in [2.75, 3.05) is 12.4 Å². The number of halogens is 1. The first-order valence-corrected chi connectivity index (χ1v) is 10.0. The largest absolute Gasteiger partial charge is 0.478 e. The number of benzene rings is 3. The van der Waals surface area contributed by atoms with E-state index < -0.39 is 5.97 Å². The van der Waals surface area contributed by atoms with Gasteiger partial charge in [-0.1, -0.05) is 41.9 Å². The number of aromatic nitrogens is 1. The van der Waals surface area contributed by atoms with Gasteiger partial charge in [0.2, 0.25) is 0 Å². The molecule has 7 heteroatoms. The minimum atomic E-state index is -1.07. The number of anilines is 2. The molecule has 0 aliphatic carbocycles. The zero-order valence-electron chi connectivity index (χ0n) is 16.7. The maximum Gasteiger partial charge on any atom is 0.337 e. The summed E-state index contributed by atoms with van der Waals surface area (Å²) < 4.78 is 1.97. The van der Waals surface area contributed by atoms with Crippen LogP contribution in [0.3, 0.4) is 0 Å². The van der Waals surface area contributed by atoms with Gasteiger partial charge >= 0.3 is 5.97 Å². The number of carbonyl (C=O) groups excluding carboxylic acids is 1. The molecule has 0 spiro atoms. The molecular weight excluding hydrogens is 414 g/mol. The van der Waals surface area contributed by atoms with Crippen LogP contribution in [0.4, 0.5) is 11.4 Å². The lowest BCUT2D eigenvalue weighted by Crippen LogP contribution is -2.21. The van der Waals surface area contributed by atoms with Gasteiger partial charge in [0, 0.05) is 35.2 Å². The van der Waals surface area contributed by atoms with E-state index in [9.17, 15) is 14.7 Å². The highest BCUT2D eigenvalue weighted by Crippen LogP contribution is 2.29. The highest BCUT2D eigenvalue weighted by atomic mass is 35.5. The fraction of sp³-hybridized carbons (Fsp3) is 0.0833. The van der Waals surface area contributed by atoms with E-state index in [-0.39, 0.29) is 11.5 Å². The van der Waals surface area contributed by atoms with Gasteiger partial charge < -0.3 is 20.3 Å². The molecule has 1 heterocycles. The Morgan fingerprint density at radius 1 is 1.00 bits per heavy atom. The number of carbonyl (C=O) groups is 2. The smallest absolute Gasteiger partial charge is 0.337 e. The van der Waals surface area contributed by atoms with Gasteiger partial charge in [0.15, 0.2) is 0 Å². The normalized spacial score (nSPS) is 10.8. The van der Waals surface area contributed by atoms with Crippen LogP contribution in [-0.2, 0) is 6.54 Å². The summed E-state index contributed by atoms with van der Waals surface area (Å²) >= 11 is 5.94. The summed E-state index contributed by atoms with van der Waals surface area (Å²) in [5.74, 6) is -1.24. The molecule has 6 nitrogen and oxygen atoms in total. The van der Waals surface area contributed by atoms with Crippen molar-refractivity contribution in [3.63, 3.8) is 0 Å². The van der Waals surface area contributed by atoms with E-state index >= 15 is 0 Å². The summed E-state index contributed by atoms with van der Waals surface area (Å²) in [4.78, 5) is 24.1. The van der Waals surface area contributed by atoms with E-state index in [1.807, 2.05) is 59.2 Å². The molecule has 0 fully saturated rings. The summed E-state index contributed by atoms with van der Waals surface area (Å²) in [5, 5.41) is 16.5. The third-order valence-corrected chi connectivity index (χ3v) is 5.27. The van der Waals surface area contributed by atoms with Gasteiger partial charge in [-0.25, -0.2) is 4.79 Å². The number of amides is 1. The van der Waals surface area contributed by atoms with Crippen LogP contribution in [0.25, 0.3) is 10.9 Å². The lowest BCUT2D eigenvalue weighted by atomic mass is 10.1. The molecule has 4 rings (SSSR count). The first kappa shape index (κ1) is 20.5. The molecule has 0 saturated heterocycles. The molecule has 1 aromatic heterocycles. The predicted molar refractivity (Wildman–Crippen MR) is 123 cm³/mol. The van der Waals surface area contributed by atoms with Crippen LogP contribution in [0, 0.1) is 0 Å². The second kappa shape index (κ2) is 8.53. The van der Waals surface area contributed by atoms with Crippen LogP contribution in [0.1, 0.15) is 26.4 Å². The number of carboxylic acids is 1. The number of aromatic carboxylic acids is 1. The number of rotatable bonds is 6. The van der Waals surface area contributed by atoms with Gasteiger partial charge in [-0.3, -0.25) is 4.79 Å². The van der Waals surface area contributed by atoms with Crippen LogP contribution in [0.5, 0.6) is 0 Å². The molecular formula is C24H20ClN3O3. The van der Waals surface area contributed by atoms with E-state index in [1.54, 1.807) is 19.2 Å². The molecule has 0 atom stereocenters. The molecule has 0 unspecified atom stereocenters. The number of fused-ring (bicyclic) bond motifs is 1. The number of hydrogen-bond donors (Lipinski definition) is 3. The number of hydrogen-bond acceptors (Lipinski definition) is 3. The monoisotopic (exact) mass is 433 g/mol. The summed E-state index contributed by atoms with van der Waals surface area (Å²) in [7, 11) is 1.60. The maximum atomic E-state index is 12.5. The predicted octanol–water partition coefficient (Wildman–Crippen LogP) is 5.14. The summed E-state index contributed by atoms with van der Waals surface area (Å²) in [6.07, 6.45) is 0. The fourth-order valence-electron chi connectivity index (χ4n) is 3.56. The van der Waals surface area contributed by atoms with Crippen molar-refractivity contribution in [2.24, 2.45) is 0 Å². The Kier molecular flexibility index (Phi) is 5.64. The summed E-state index contributed by atoms with van der Waals surface area (Å²) in [6, 6.07) is 22.1. The standard InChI is InChI=1S/C24H20ClN3O3/c1-26-23(29)22-12-16-11-18(27-20-9-7-17(25)13-19(20)24(30)31)8-10-21(16)28(22)14-15-5-3-2-4-6-15/h2-13,27H,14H2,1H3,(H,26,29)(H,30,31). The maximum absolute atomic E-state index is 12.5. The quantitative estimate of drug-likeness (QED) is 0.393. The van der Waals surface area contributed by atoms with Crippen molar-refractivity contribution < 1.29 is 14.7 Å². The van der Waals surface area contributed by atoms with Crippen LogP contribution in [-0.4, -0.2) is 28.6 Å². The first-order valence-electron chi connectivity index (χ1n) is 9.65. The molecule has 3 N–H and O–H groups in total. The van der Waals surface area contributed by atoms with Crippen molar-refractivity contribution in [1.29, 1.82) is 0 Å². The first-order chi connectivity index (χ1) is 15.0. The zero-order valence-corrected chi connectivity index (χ0v) is 17.5. The number of carboxylic acid groups (broad SMARTS) is 1. The van der Waals surface area contributed by atoms with E-state index in [0.29, 0.717) is 28.6 Å². The lowest BCUT2D eigenvalue weighted by Gasteiger charge is -2.12. The highest BCUT2D eigenvalue weighted by Gasteiger charge is 2.16. The van der Waals surface area contributed by atoms with Crippen molar-refractivity contribution in [3.8, 4) is 0 Å². The van der Waals surface area contributed by atoms with Crippen LogP contribution in [0.2, 0.25) is 5.02 Å². The Labute approximate surface area is 184 Å². The molecule has 0 aliphatic heterocycles. The van der Waals surface area contributed by atoms with E-state index in [0.717, 1.165) is 16.5 Å². The minimum absolute atomic E-state index is 0.0836. The Morgan fingerprint density at radius 2 is 1.77 bits per heavy atom. The van der Waals surface area contributed by atoms with Gasteiger partial charge in [0.25, 0.3) is 5.91 Å². The van der Waals surface area contributed by atoms with Gasteiger partial charge in [-0.2, -0.15) is 0 Å². The number of nitrogens with zero attached hydrogens (tertiary/aromatic N) is 1. The van der Waals surface area contributed by atoms with Gasteiger partial charge in [-0.15, -0.1) is 0 Å². The van der Waals surface area contributed by atoms with Crippen LogP contribution in [0.15, 0.2) is 72.8 Å². The van der Waals surface area contributed by atoms with E-state index in [1.165, 1.54) is 6.07 Å². The topological polar surface area (TPSA) is 83.4 Å². The van der Waals surface area contributed by atoms with Gasteiger partial charge in [0.1, 0.15) is 5.69 Å². The highest BCUT2D eigenvalue weighted by molar-refractivity contribution is 6.31. The van der Waals surface area contributed by atoms with Crippen molar-refractivity contribution in [1.82, 2.24) is 9.88 Å². The Balaban J connectivity index is 1.75. The Bertz CT molecular complexity index is 1280. The Morgan fingerprint density at radius 3 is 2.48 bits per heavy atom. The van der Waals surface area contributed by atoms with E-state index in [4.69, 9.17) is 11.6 Å². The number of nitrogens with one attached hydrogen (secondary N) is 2. The Hall–Kier alpha value is -3.77. The molecule has 4 aromatic rings. The van der Waals surface area contributed by atoms with Gasteiger partial charge in [-0.05, 0) is 48.0 Å². The van der Waals surface area contributed by atoms with Crippen LogP contribution < -0.4 is 10.6 Å². The van der Waals surface area contributed by atoms with Gasteiger partial charge in [0.05, 0.1) is 11.3 Å².